The van der Waals surface area contributed by atoms with Gasteiger partial charge in [0.05, 0.1) is 21.6 Å². The van der Waals surface area contributed by atoms with E-state index in [1.165, 1.54) is 12.5 Å². The van der Waals surface area contributed by atoms with Crippen molar-refractivity contribution in [1.82, 2.24) is 10.2 Å². The molecule has 6 nitrogen and oxygen atoms in total. The zero-order valence-electron chi connectivity index (χ0n) is 17.8. The molecule has 1 aliphatic rings. The molecule has 0 spiro atoms. The minimum absolute atomic E-state index is 0.0120. The summed E-state index contributed by atoms with van der Waals surface area (Å²) in [5.41, 5.74) is 0.196. The Bertz CT molecular complexity index is 805. The molecule has 0 aromatic heterocycles. The number of hydrogen-bond acceptors (Lipinski definition) is 4. The van der Waals surface area contributed by atoms with Gasteiger partial charge in [0.25, 0.3) is 5.91 Å². The Morgan fingerprint density at radius 2 is 1.90 bits per heavy atom. The number of likely N-dealkylation sites (tertiary alicyclic amines) is 1. The van der Waals surface area contributed by atoms with E-state index in [1.807, 2.05) is 0 Å². The van der Waals surface area contributed by atoms with Crippen molar-refractivity contribution in [1.29, 1.82) is 0 Å². The first-order valence-electron chi connectivity index (χ1n) is 10.7. The molecule has 1 N–H and O–H groups in total. The fourth-order valence-electron chi connectivity index (χ4n) is 3.60. The van der Waals surface area contributed by atoms with Gasteiger partial charge in [-0.1, -0.05) is 38.3 Å². The van der Waals surface area contributed by atoms with Crippen LogP contribution in [0.5, 0.6) is 0 Å². The van der Waals surface area contributed by atoms with Crippen LogP contribution >= 0.6 is 0 Å². The summed E-state index contributed by atoms with van der Waals surface area (Å²) < 4.78 is 25.3. The first-order chi connectivity index (χ1) is 13.8. The van der Waals surface area contributed by atoms with Gasteiger partial charge >= 0.3 is 0 Å². The molecule has 7 heteroatoms. The molecule has 1 aromatic carbocycles. The van der Waals surface area contributed by atoms with Gasteiger partial charge in [0, 0.05) is 19.6 Å². The molecule has 162 valence electrons. The fourth-order valence-corrected chi connectivity index (χ4v) is 4.84. The molecule has 0 bridgehead atoms. The van der Waals surface area contributed by atoms with Crippen LogP contribution in [0.2, 0.25) is 0 Å². The van der Waals surface area contributed by atoms with Crippen molar-refractivity contribution >= 4 is 21.7 Å². The van der Waals surface area contributed by atoms with Gasteiger partial charge < -0.3 is 10.2 Å². The predicted octanol–water partition coefficient (Wildman–Crippen LogP) is 3.42. The Kier molecular flexibility index (Phi) is 8.68. The zero-order valence-corrected chi connectivity index (χ0v) is 18.6. The Hall–Kier alpha value is -1.89. The van der Waals surface area contributed by atoms with Crippen molar-refractivity contribution in [2.24, 2.45) is 5.92 Å². The second-order valence-corrected chi connectivity index (χ2v) is 10.5. The predicted molar refractivity (Wildman–Crippen MR) is 115 cm³/mol. The lowest BCUT2D eigenvalue weighted by atomic mass is 9.96. The maximum absolute atomic E-state index is 13.1. The van der Waals surface area contributed by atoms with Crippen LogP contribution in [-0.4, -0.2) is 50.0 Å². The normalized spacial score (nSPS) is 17.4. The second kappa shape index (κ2) is 10.8. The summed E-state index contributed by atoms with van der Waals surface area (Å²) in [7, 11) is -3.57. The van der Waals surface area contributed by atoms with Crippen molar-refractivity contribution in [2.75, 3.05) is 19.6 Å². The van der Waals surface area contributed by atoms with Gasteiger partial charge in [0.15, 0.2) is 9.84 Å². The van der Waals surface area contributed by atoms with Crippen LogP contribution < -0.4 is 5.32 Å². The molecule has 2 amide bonds. The number of benzene rings is 1. The molecule has 1 atom stereocenters. The van der Waals surface area contributed by atoms with E-state index in [9.17, 15) is 18.0 Å². The van der Waals surface area contributed by atoms with E-state index in [1.54, 1.807) is 36.9 Å². The lowest BCUT2D eigenvalue weighted by Gasteiger charge is -2.32. The number of unbranched alkanes of at least 4 members (excludes halogenated alkanes) is 3. The van der Waals surface area contributed by atoms with Crippen LogP contribution in [-0.2, 0) is 14.6 Å². The number of carbonyl (C=O) groups is 2. The van der Waals surface area contributed by atoms with Crippen molar-refractivity contribution in [3.8, 4) is 0 Å². The molecule has 2 rings (SSSR count). The van der Waals surface area contributed by atoms with Crippen molar-refractivity contribution in [3.05, 3.63) is 29.8 Å². The van der Waals surface area contributed by atoms with E-state index in [0.29, 0.717) is 19.6 Å². The number of amides is 2. The SMILES string of the molecule is CCCCCCNC(=O)C1CCCN(C(=O)c2ccccc2S(=O)(=O)C(C)C)C1. The maximum atomic E-state index is 13.1. The monoisotopic (exact) mass is 422 g/mol. The largest absolute Gasteiger partial charge is 0.356 e. The molecule has 1 aliphatic heterocycles. The van der Waals surface area contributed by atoms with Gasteiger partial charge in [-0.15, -0.1) is 0 Å². The lowest BCUT2D eigenvalue weighted by Crippen LogP contribution is -2.45. The Morgan fingerprint density at radius 1 is 1.17 bits per heavy atom. The fraction of sp³-hybridized carbons (Fsp3) is 0.636. The average molecular weight is 423 g/mol. The van der Waals surface area contributed by atoms with Crippen LogP contribution in [0, 0.1) is 5.92 Å². The number of rotatable bonds is 9. The van der Waals surface area contributed by atoms with Gasteiger partial charge in [0.1, 0.15) is 0 Å². The molecule has 1 heterocycles. The van der Waals surface area contributed by atoms with E-state index in [2.05, 4.69) is 12.2 Å². The number of piperidine rings is 1. The van der Waals surface area contributed by atoms with Crippen LogP contribution in [0.15, 0.2) is 29.2 Å². The second-order valence-electron chi connectivity index (χ2n) is 8.03. The van der Waals surface area contributed by atoms with Gasteiger partial charge in [-0.25, -0.2) is 8.42 Å². The minimum Gasteiger partial charge on any atom is -0.356 e. The van der Waals surface area contributed by atoms with Gasteiger partial charge in [-0.3, -0.25) is 9.59 Å². The van der Waals surface area contributed by atoms with Crippen LogP contribution in [0.4, 0.5) is 0 Å². The Morgan fingerprint density at radius 3 is 2.59 bits per heavy atom. The minimum atomic E-state index is -3.57. The van der Waals surface area contributed by atoms with Crippen molar-refractivity contribution in [3.63, 3.8) is 0 Å². The highest BCUT2D eigenvalue weighted by Crippen LogP contribution is 2.24. The standard InChI is InChI=1S/C22H34N2O4S/c1-4-5-6-9-14-23-21(25)18-11-10-15-24(16-18)22(26)19-12-7-8-13-20(19)29(27,28)17(2)3/h7-8,12-13,17-18H,4-6,9-11,14-16H2,1-3H3,(H,23,25). The summed E-state index contributed by atoms with van der Waals surface area (Å²) in [5, 5.41) is 2.38. The summed E-state index contributed by atoms with van der Waals surface area (Å²) in [6.45, 7) is 6.90. The Balaban J connectivity index is 2.06. The molecule has 1 unspecified atom stereocenters. The van der Waals surface area contributed by atoms with Crippen LogP contribution in [0.3, 0.4) is 0 Å². The Labute approximate surface area is 175 Å². The molecule has 1 aromatic rings. The smallest absolute Gasteiger partial charge is 0.255 e. The van der Waals surface area contributed by atoms with E-state index < -0.39 is 15.1 Å². The van der Waals surface area contributed by atoms with Crippen molar-refractivity contribution < 1.29 is 18.0 Å². The average Bonchev–Trinajstić information content (AvgIpc) is 2.72. The highest BCUT2D eigenvalue weighted by atomic mass is 32.2. The quantitative estimate of drug-likeness (QED) is 0.618. The molecule has 29 heavy (non-hydrogen) atoms. The summed E-state index contributed by atoms with van der Waals surface area (Å²) in [6, 6.07) is 6.37. The van der Waals surface area contributed by atoms with Crippen LogP contribution in [0.1, 0.15) is 69.7 Å². The zero-order chi connectivity index (χ0) is 21.4. The third-order valence-electron chi connectivity index (χ3n) is 5.45. The number of nitrogens with one attached hydrogen (secondary N) is 1. The molecule has 1 saturated heterocycles. The number of hydrogen-bond donors (Lipinski definition) is 1. The van der Waals surface area contributed by atoms with E-state index in [4.69, 9.17) is 0 Å². The van der Waals surface area contributed by atoms with Gasteiger partial charge in [-0.05, 0) is 45.2 Å². The summed E-state index contributed by atoms with van der Waals surface area (Å²) >= 11 is 0. The summed E-state index contributed by atoms with van der Waals surface area (Å²) in [6.07, 6.45) is 5.87. The number of carbonyl (C=O) groups excluding carboxylic acids is 2. The lowest BCUT2D eigenvalue weighted by molar-refractivity contribution is -0.126. The van der Waals surface area contributed by atoms with Gasteiger partial charge in [0.2, 0.25) is 5.91 Å². The van der Waals surface area contributed by atoms with Crippen LogP contribution in [0.25, 0.3) is 0 Å². The van der Waals surface area contributed by atoms with Crippen molar-refractivity contribution in [2.45, 2.75) is 69.4 Å². The molecule has 0 aliphatic carbocycles. The molecule has 1 fully saturated rings. The highest BCUT2D eigenvalue weighted by molar-refractivity contribution is 7.92. The first-order valence-corrected chi connectivity index (χ1v) is 12.2. The molecule has 0 saturated carbocycles. The number of sulfone groups is 1. The van der Waals surface area contributed by atoms with E-state index in [-0.39, 0.29) is 28.2 Å². The van der Waals surface area contributed by atoms with E-state index >= 15 is 0 Å². The maximum Gasteiger partial charge on any atom is 0.255 e. The van der Waals surface area contributed by atoms with Gasteiger partial charge in [-0.2, -0.15) is 0 Å². The summed E-state index contributed by atoms with van der Waals surface area (Å²) in [5.74, 6) is -0.569. The van der Waals surface area contributed by atoms with E-state index in [0.717, 1.165) is 32.1 Å². The topological polar surface area (TPSA) is 83.6 Å². The number of nitrogens with zero attached hydrogens (tertiary/aromatic N) is 1. The molecular weight excluding hydrogens is 388 g/mol. The third-order valence-corrected chi connectivity index (χ3v) is 7.66. The highest BCUT2D eigenvalue weighted by Gasteiger charge is 2.32. The third kappa shape index (κ3) is 6.04. The molecular formula is C22H34N2O4S. The molecule has 0 radical (unpaired) electrons. The first kappa shape index (κ1) is 23.4. The summed E-state index contributed by atoms with van der Waals surface area (Å²) in [4.78, 5) is 27.3.